The van der Waals surface area contributed by atoms with Gasteiger partial charge >= 0.3 is 5.97 Å². The van der Waals surface area contributed by atoms with Crippen LogP contribution in [-0.4, -0.2) is 17.7 Å². The summed E-state index contributed by atoms with van der Waals surface area (Å²) in [7, 11) is 0. The maximum Gasteiger partial charge on any atom is 0.303 e. The lowest BCUT2D eigenvalue weighted by molar-refractivity contribution is -0.137. The molecule has 19 heavy (non-hydrogen) atoms. The molecule has 0 aromatic heterocycles. The third kappa shape index (κ3) is 3.98. The van der Waals surface area contributed by atoms with Gasteiger partial charge in [-0.3, -0.25) is 4.79 Å². The van der Waals surface area contributed by atoms with Gasteiger partial charge in [0.2, 0.25) is 0 Å². The van der Waals surface area contributed by atoms with Crippen molar-refractivity contribution in [3.63, 3.8) is 0 Å². The van der Waals surface area contributed by atoms with Gasteiger partial charge < -0.3 is 9.84 Å². The number of carboxylic acids is 1. The van der Waals surface area contributed by atoms with Crippen molar-refractivity contribution in [1.29, 1.82) is 0 Å². The largest absolute Gasteiger partial charge is 0.493 e. The summed E-state index contributed by atoms with van der Waals surface area (Å²) >= 11 is 0. The zero-order valence-electron chi connectivity index (χ0n) is 11.7. The highest BCUT2D eigenvalue weighted by Crippen LogP contribution is 2.33. The Kier molecular flexibility index (Phi) is 4.46. The summed E-state index contributed by atoms with van der Waals surface area (Å²) < 4.78 is 5.98. The van der Waals surface area contributed by atoms with E-state index in [4.69, 9.17) is 9.84 Å². The first-order valence-electron chi connectivity index (χ1n) is 7.01. The standard InChI is InChI=1S/C16H22O3/c1-11-6-9-14(4-3-5-15(17)18)16(12(11)2)19-10-13-7-8-13/h6,9,13H,3-5,7-8,10H2,1-2H3,(H,17,18). The molecule has 1 saturated carbocycles. The van der Waals surface area contributed by atoms with Crippen LogP contribution in [0.3, 0.4) is 0 Å². The smallest absolute Gasteiger partial charge is 0.303 e. The van der Waals surface area contributed by atoms with E-state index in [1.165, 1.54) is 24.0 Å². The fourth-order valence-electron chi connectivity index (χ4n) is 2.16. The Balaban J connectivity index is 2.05. The van der Waals surface area contributed by atoms with Crippen molar-refractivity contribution in [3.05, 3.63) is 28.8 Å². The van der Waals surface area contributed by atoms with Crippen molar-refractivity contribution in [2.24, 2.45) is 5.92 Å². The highest BCUT2D eigenvalue weighted by molar-refractivity contribution is 5.66. The third-order valence-electron chi connectivity index (χ3n) is 3.76. The molecule has 1 aromatic carbocycles. The van der Waals surface area contributed by atoms with Gasteiger partial charge in [-0.15, -0.1) is 0 Å². The normalized spacial score (nSPS) is 14.4. The van der Waals surface area contributed by atoms with Gasteiger partial charge in [-0.2, -0.15) is 0 Å². The Hall–Kier alpha value is -1.51. The maximum atomic E-state index is 10.6. The van der Waals surface area contributed by atoms with Crippen molar-refractivity contribution in [1.82, 2.24) is 0 Å². The Bertz CT molecular complexity index is 461. The molecule has 1 fully saturated rings. The monoisotopic (exact) mass is 262 g/mol. The fourth-order valence-corrected chi connectivity index (χ4v) is 2.16. The molecule has 104 valence electrons. The van der Waals surface area contributed by atoms with Crippen molar-refractivity contribution in [2.45, 2.75) is 46.0 Å². The third-order valence-corrected chi connectivity index (χ3v) is 3.76. The Labute approximate surface area is 114 Å². The Morgan fingerprint density at radius 3 is 2.74 bits per heavy atom. The van der Waals surface area contributed by atoms with Crippen LogP contribution in [-0.2, 0) is 11.2 Å². The SMILES string of the molecule is Cc1ccc(CCCC(=O)O)c(OCC2CC2)c1C. The molecule has 1 aliphatic rings. The summed E-state index contributed by atoms with van der Waals surface area (Å²) in [6.07, 6.45) is 4.21. The number of hydrogen-bond acceptors (Lipinski definition) is 2. The van der Waals surface area contributed by atoms with Crippen LogP contribution in [0.25, 0.3) is 0 Å². The zero-order valence-corrected chi connectivity index (χ0v) is 11.7. The van der Waals surface area contributed by atoms with Crippen molar-refractivity contribution in [3.8, 4) is 5.75 Å². The second-order valence-electron chi connectivity index (χ2n) is 5.50. The van der Waals surface area contributed by atoms with Crippen LogP contribution >= 0.6 is 0 Å². The van der Waals surface area contributed by atoms with Crippen LogP contribution in [0.4, 0.5) is 0 Å². The molecule has 0 unspecified atom stereocenters. The van der Waals surface area contributed by atoms with Gasteiger partial charge in [-0.05, 0) is 62.1 Å². The van der Waals surface area contributed by atoms with Gasteiger partial charge in [0.25, 0.3) is 0 Å². The van der Waals surface area contributed by atoms with E-state index in [0.29, 0.717) is 6.42 Å². The minimum absolute atomic E-state index is 0.217. The van der Waals surface area contributed by atoms with E-state index in [1.807, 2.05) is 0 Å². The number of ether oxygens (including phenoxy) is 1. The van der Waals surface area contributed by atoms with E-state index < -0.39 is 5.97 Å². The summed E-state index contributed by atoms with van der Waals surface area (Å²) in [6, 6.07) is 4.17. The average molecular weight is 262 g/mol. The summed E-state index contributed by atoms with van der Waals surface area (Å²) in [5.74, 6) is 0.980. The summed E-state index contributed by atoms with van der Waals surface area (Å²) in [5.41, 5.74) is 3.56. The van der Waals surface area contributed by atoms with Gasteiger partial charge in [-0.1, -0.05) is 12.1 Å². The van der Waals surface area contributed by atoms with Crippen LogP contribution in [0.2, 0.25) is 0 Å². The molecular formula is C16H22O3. The number of benzene rings is 1. The highest BCUT2D eigenvalue weighted by Gasteiger charge is 2.23. The molecule has 0 spiro atoms. The first-order chi connectivity index (χ1) is 9.08. The number of hydrogen-bond donors (Lipinski definition) is 1. The molecule has 0 bridgehead atoms. The molecule has 0 saturated heterocycles. The Morgan fingerprint density at radius 1 is 1.37 bits per heavy atom. The lowest BCUT2D eigenvalue weighted by Crippen LogP contribution is -2.05. The molecule has 3 heteroatoms. The van der Waals surface area contributed by atoms with Crippen molar-refractivity contribution in [2.75, 3.05) is 6.61 Å². The van der Waals surface area contributed by atoms with E-state index in [9.17, 15) is 4.79 Å². The number of aryl methyl sites for hydroxylation is 2. The van der Waals surface area contributed by atoms with E-state index in [-0.39, 0.29) is 6.42 Å². The molecule has 1 aliphatic carbocycles. The highest BCUT2D eigenvalue weighted by atomic mass is 16.5. The average Bonchev–Trinajstić information content (AvgIpc) is 3.16. The number of aliphatic carboxylic acids is 1. The second kappa shape index (κ2) is 6.09. The molecule has 1 N–H and O–H groups in total. The first-order valence-corrected chi connectivity index (χ1v) is 7.01. The molecule has 0 atom stereocenters. The van der Waals surface area contributed by atoms with Gasteiger partial charge in [0, 0.05) is 6.42 Å². The molecule has 0 aliphatic heterocycles. The van der Waals surface area contributed by atoms with Crippen LogP contribution in [0, 0.1) is 19.8 Å². The van der Waals surface area contributed by atoms with Crippen LogP contribution in [0.5, 0.6) is 5.75 Å². The van der Waals surface area contributed by atoms with Gasteiger partial charge in [0.05, 0.1) is 6.61 Å². The van der Waals surface area contributed by atoms with Crippen molar-refractivity contribution < 1.29 is 14.6 Å². The van der Waals surface area contributed by atoms with E-state index in [1.54, 1.807) is 0 Å². The number of carboxylic acid groups (broad SMARTS) is 1. The van der Waals surface area contributed by atoms with Crippen LogP contribution < -0.4 is 4.74 Å². The lowest BCUT2D eigenvalue weighted by Gasteiger charge is -2.15. The van der Waals surface area contributed by atoms with Gasteiger partial charge in [0.15, 0.2) is 0 Å². The summed E-state index contributed by atoms with van der Waals surface area (Å²) in [6.45, 7) is 4.97. The summed E-state index contributed by atoms with van der Waals surface area (Å²) in [4.78, 5) is 10.6. The lowest BCUT2D eigenvalue weighted by atomic mass is 10.0. The molecule has 0 amide bonds. The van der Waals surface area contributed by atoms with Gasteiger partial charge in [-0.25, -0.2) is 0 Å². The fraction of sp³-hybridized carbons (Fsp3) is 0.562. The summed E-state index contributed by atoms with van der Waals surface area (Å²) in [5, 5.41) is 8.71. The number of rotatable bonds is 7. The van der Waals surface area contributed by atoms with Crippen LogP contribution in [0.1, 0.15) is 42.4 Å². The number of carbonyl (C=O) groups is 1. The molecule has 0 heterocycles. The van der Waals surface area contributed by atoms with E-state index in [0.717, 1.165) is 30.3 Å². The molecular weight excluding hydrogens is 240 g/mol. The van der Waals surface area contributed by atoms with Crippen molar-refractivity contribution >= 4 is 5.97 Å². The zero-order chi connectivity index (χ0) is 13.8. The first kappa shape index (κ1) is 13.9. The predicted molar refractivity (Wildman–Crippen MR) is 74.7 cm³/mol. The van der Waals surface area contributed by atoms with Gasteiger partial charge in [0.1, 0.15) is 5.75 Å². The minimum Gasteiger partial charge on any atom is -0.493 e. The predicted octanol–water partition coefficient (Wildman–Crippen LogP) is 3.50. The second-order valence-corrected chi connectivity index (χ2v) is 5.50. The molecule has 3 nitrogen and oxygen atoms in total. The quantitative estimate of drug-likeness (QED) is 0.818. The van der Waals surface area contributed by atoms with E-state index in [2.05, 4.69) is 26.0 Å². The minimum atomic E-state index is -0.732. The molecule has 0 radical (unpaired) electrons. The Morgan fingerprint density at radius 2 is 2.11 bits per heavy atom. The molecule has 1 aromatic rings. The van der Waals surface area contributed by atoms with Crippen LogP contribution in [0.15, 0.2) is 12.1 Å². The molecule has 2 rings (SSSR count). The van der Waals surface area contributed by atoms with E-state index >= 15 is 0 Å². The maximum absolute atomic E-state index is 10.6. The topological polar surface area (TPSA) is 46.5 Å².